The number of amides is 2. The van der Waals surface area contributed by atoms with E-state index in [1.807, 2.05) is 13.0 Å². The Morgan fingerprint density at radius 2 is 1.85 bits per heavy atom. The van der Waals surface area contributed by atoms with Crippen molar-refractivity contribution in [2.45, 2.75) is 6.92 Å². The van der Waals surface area contributed by atoms with E-state index in [-0.39, 0.29) is 12.2 Å². The largest absolute Gasteiger partial charge is 0.494 e. The first kappa shape index (κ1) is 19.5. The van der Waals surface area contributed by atoms with Crippen LogP contribution in [0.5, 0.6) is 11.5 Å². The average molecular weight is 365 g/mol. The van der Waals surface area contributed by atoms with Gasteiger partial charge in [0.05, 0.1) is 6.61 Å². The Hall–Kier alpha value is -3.79. The fraction of sp³-hybridized carbons (Fsp3) is 0.150. The monoisotopic (exact) mass is 365 g/mol. The van der Waals surface area contributed by atoms with E-state index in [1.165, 1.54) is 6.08 Å². The molecule has 2 amide bonds. The number of nitrogens with two attached hydrogens (primary N) is 1. The summed E-state index contributed by atoms with van der Waals surface area (Å²) < 4.78 is 10.6. The minimum absolute atomic E-state index is 0.112. The van der Waals surface area contributed by atoms with Crippen LogP contribution in [0, 0.1) is 11.3 Å². The summed E-state index contributed by atoms with van der Waals surface area (Å²) in [6.45, 7) is 2.13. The van der Waals surface area contributed by atoms with Crippen LogP contribution >= 0.6 is 0 Å². The van der Waals surface area contributed by atoms with Gasteiger partial charge in [-0.25, -0.2) is 0 Å². The number of carbonyl (C=O) groups is 2. The van der Waals surface area contributed by atoms with Crippen molar-refractivity contribution in [1.29, 1.82) is 5.26 Å². The number of primary amides is 1. The van der Waals surface area contributed by atoms with E-state index in [1.54, 1.807) is 48.5 Å². The Labute approximate surface area is 157 Å². The molecule has 7 nitrogen and oxygen atoms in total. The number of nitrogens with zero attached hydrogens (tertiary/aromatic N) is 1. The van der Waals surface area contributed by atoms with Gasteiger partial charge in [0.1, 0.15) is 23.1 Å². The van der Waals surface area contributed by atoms with Crippen molar-refractivity contribution in [2.24, 2.45) is 5.73 Å². The highest BCUT2D eigenvalue weighted by atomic mass is 16.5. The molecule has 0 aromatic heterocycles. The molecule has 138 valence electrons. The molecule has 0 atom stereocenters. The highest BCUT2D eigenvalue weighted by Crippen LogP contribution is 2.22. The first-order valence-electron chi connectivity index (χ1n) is 8.19. The predicted octanol–water partition coefficient (Wildman–Crippen LogP) is 2.50. The molecule has 0 bridgehead atoms. The van der Waals surface area contributed by atoms with Gasteiger partial charge in [-0.1, -0.05) is 18.2 Å². The Morgan fingerprint density at radius 3 is 2.48 bits per heavy atom. The van der Waals surface area contributed by atoms with Gasteiger partial charge in [0, 0.05) is 11.3 Å². The predicted molar refractivity (Wildman–Crippen MR) is 101 cm³/mol. The standard InChI is InChI=1S/C20H19N3O4/c1-2-26-17-9-7-16(8-10-17)23-20(25)15(12-21)11-14-5-3-4-6-18(14)27-13-19(22)24/h3-11H,2,13H2,1H3,(H2,22,24)(H,23,25)/b15-11+. The van der Waals surface area contributed by atoms with E-state index in [4.69, 9.17) is 15.2 Å². The molecule has 0 aliphatic heterocycles. The smallest absolute Gasteiger partial charge is 0.266 e. The Morgan fingerprint density at radius 1 is 1.15 bits per heavy atom. The number of anilines is 1. The summed E-state index contributed by atoms with van der Waals surface area (Å²) in [4.78, 5) is 23.3. The van der Waals surface area contributed by atoms with Crippen molar-refractivity contribution in [3.05, 3.63) is 59.7 Å². The van der Waals surface area contributed by atoms with Crippen molar-refractivity contribution in [2.75, 3.05) is 18.5 Å². The fourth-order valence-electron chi connectivity index (χ4n) is 2.18. The minimum Gasteiger partial charge on any atom is -0.494 e. The molecular formula is C20H19N3O4. The molecule has 0 radical (unpaired) electrons. The molecular weight excluding hydrogens is 346 g/mol. The molecule has 3 N–H and O–H groups in total. The topological polar surface area (TPSA) is 114 Å². The second-order valence-corrected chi connectivity index (χ2v) is 5.37. The lowest BCUT2D eigenvalue weighted by Crippen LogP contribution is -2.20. The van der Waals surface area contributed by atoms with E-state index in [2.05, 4.69) is 5.32 Å². The summed E-state index contributed by atoms with van der Waals surface area (Å²) in [6.07, 6.45) is 1.39. The van der Waals surface area contributed by atoms with Gasteiger partial charge in [-0.15, -0.1) is 0 Å². The second-order valence-electron chi connectivity index (χ2n) is 5.37. The lowest BCUT2D eigenvalue weighted by atomic mass is 10.1. The fourth-order valence-corrected chi connectivity index (χ4v) is 2.18. The zero-order valence-corrected chi connectivity index (χ0v) is 14.8. The number of hydrogen-bond acceptors (Lipinski definition) is 5. The van der Waals surface area contributed by atoms with E-state index in [0.29, 0.717) is 29.4 Å². The SMILES string of the molecule is CCOc1ccc(NC(=O)/C(C#N)=C/c2ccccc2OCC(N)=O)cc1. The number of nitriles is 1. The van der Waals surface area contributed by atoms with Gasteiger partial charge in [0.15, 0.2) is 6.61 Å². The molecule has 0 aliphatic rings. The summed E-state index contributed by atoms with van der Waals surface area (Å²) in [5.41, 5.74) is 5.98. The first-order valence-corrected chi connectivity index (χ1v) is 8.19. The molecule has 0 saturated heterocycles. The van der Waals surface area contributed by atoms with Crippen LogP contribution in [0.2, 0.25) is 0 Å². The molecule has 2 aromatic rings. The lowest BCUT2D eigenvalue weighted by molar-refractivity contribution is -0.120. The molecule has 0 unspecified atom stereocenters. The van der Waals surface area contributed by atoms with Crippen LogP contribution in [0.25, 0.3) is 6.08 Å². The maximum Gasteiger partial charge on any atom is 0.266 e. The van der Waals surface area contributed by atoms with Crippen LogP contribution in [0.1, 0.15) is 12.5 Å². The van der Waals surface area contributed by atoms with Crippen LogP contribution in [0.4, 0.5) is 5.69 Å². The molecule has 2 aromatic carbocycles. The zero-order valence-electron chi connectivity index (χ0n) is 14.8. The molecule has 0 aliphatic carbocycles. The van der Waals surface area contributed by atoms with Crippen molar-refractivity contribution in [3.8, 4) is 17.6 Å². The quantitative estimate of drug-likeness (QED) is 0.551. The van der Waals surface area contributed by atoms with Crippen molar-refractivity contribution < 1.29 is 19.1 Å². The molecule has 0 saturated carbocycles. The van der Waals surface area contributed by atoms with Crippen LogP contribution in [-0.2, 0) is 9.59 Å². The summed E-state index contributed by atoms with van der Waals surface area (Å²) in [7, 11) is 0. The molecule has 0 heterocycles. The molecule has 2 rings (SSSR count). The number of nitrogens with one attached hydrogen (secondary N) is 1. The van der Waals surface area contributed by atoms with E-state index >= 15 is 0 Å². The van der Waals surface area contributed by atoms with Crippen molar-refractivity contribution >= 4 is 23.6 Å². The highest BCUT2D eigenvalue weighted by molar-refractivity contribution is 6.09. The van der Waals surface area contributed by atoms with Crippen LogP contribution < -0.4 is 20.5 Å². The van der Waals surface area contributed by atoms with Gasteiger partial charge in [-0.05, 0) is 43.3 Å². The van der Waals surface area contributed by atoms with Gasteiger partial charge < -0.3 is 20.5 Å². The third-order valence-electron chi connectivity index (χ3n) is 3.38. The molecule has 7 heteroatoms. The molecule has 27 heavy (non-hydrogen) atoms. The summed E-state index contributed by atoms with van der Waals surface area (Å²) in [6, 6.07) is 15.4. The van der Waals surface area contributed by atoms with Gasteiger partial charge in [0.2, 0.25) is 0 Å². The van der Waals surface area contributed by atoms with Crippen molar-refractivity contribution in [1.82, 2.24) is 0 Å². The van der Waals surface area contributed by atoms with Gasteiger partial charge in [0.25, 0.3) is 11.8 Å². The summed E-state index contributed by atoms with van der Waals surface area (Å²) >= 11 is 0. The van der Waals surface area contributed by atoms with Crippen LogP contribution in [0.3, 0.4) is 0 Å². The van der Waals surface area contributed by atoms with Crippen LogP contribution in [-0.4, -0.2) is 25.0 Å². The number of carbonyl (C=O) groups excluding carboxylic acids is 2. The lowest BCUT2D eigenvalue weighted by Gasteiger charge is -2.09. The highest BCUT2D eigenvalue weighted by Gasteiger charge is 2.12. The third-order valence-corrected chi connectivity index (χ3v) is 3.38. The Balaban J connectivity index is 2.17. The van der Waals surface area contributed by atoms with Gasteiger partial charge in [-0.3, -0.25) is 9.59 Å². The second kappa shape index (κ2) is 9.63. The zero-order chi connectivity index (χ0) is 19.6. The number of para-hydroxylation sites is 1. The molecule has 0 fully saturated rings. The Kier molecular flexibility index (Phi) is 6.97. The van der Waals surface area contributed by atoms with Crippen molar-refractivity contribution in [3.63, 3.8) is 0 Å². The minimum atomic E-state index is -0.623. The first-order chi connectivity index (χ1) is 13.0. The number of ether oxygens (including phenoxy) is 2. The number of hydrogen-bond donors (Lipinski definition) is 2. The van der Waals surface area contributed by atoms with E-state index in [9.17, 15) is 14.9 Å². The maximum atomic E-state index is 12.4. The Bertz CT molecular complexity index is 883. The van der Waals surface area contributed by atoms with Gasteiger partial charge >= 0.3 is 0 Å². The number of benzene rings is 2. The van der Waals surface area contributed by atoms with E-state index in [0.717, 1.165) is 0 Å². The molecule has 0 spiro atoms. The number of rotatable bonds is 8. The normalized spacial score (nSPS) is 10.6. The van der Waals surface area contributed by atoms with E-state index < -0.39 is 11.8 Å². The average Bonchev–Trinajstić information content (AvgIpc) is 2.66. The maximum absolute atomic E-state index is 12.4. The summed E-state index contributed by atoms with van der Waals surface area (Å²) in [5, 5.41) is 12.0. The van der Waals surface area contributed by atoms with Crippen LogP contribution in [0.15, 0.2) is 54.1 Å². The van der Waals surface area contributed by atoms with Gasteiger partial charge in [-0.2, -0.15) is 5.26 Å². The third kappa shape index (κ3) is 5.90. The summed E-state index contributed by atoms with van der Waals surface area (Å²) in [5.74, 6) is -0.154.